The van der Waals surface area contributed by atoms with Crippen molar-refractivity contribution in [2.45, 2.75) is 11.5 Å². The summed E-state index contributed by atoms with van der Waals surface area (Å²) in [5, 5.41) is 20.5. The molecule has 112 valence electrons. The second-order valence-electron chi connectivity index (χ2n) is 5.13. The maximum atomic E-state index is 12.4. The highest BCUT2D eigenvalue weighted by Crippen LogP contribution is 2.41. The monoisotopic (exact) mass is 305 g/mol. The lowest BCUT2D eigenvalue weighted by Gasteiger charge is -2.34. The van der Waals surface area contributed by atoms with Gasteiger partial charge in [-0.15, -0.1) is 11.8 Å². The number of carbonyl (C=O) groups is 1. The maximum Gasteiger partial charge on any atom is 0.231 e. The average molecular weight is 305 g/mol. The average Bonchev–Trinajstić information content (AvgIpc) is 2.93. The van der Waals surface area contributed by atoms with E-state index >= 15 is 0 Å². The van der Waals surface area contributed by atoms with Crippen molar-refractivity contribution in [3.8, 4) is 0 Å². The molecule has 0 radical (unpaired) electrons. The Bertz CT molecular complexity index is 535. The topological polar surface area (TPSA) is 73.4 Å². The SMILES string of the molecule is O=C1NC(CNCCO)NC2SC=C(c3ccccc3)C12. The summed E-state index contributed by atoms with van der Waals surface area (Å²) in [4.78, 5) is 12.4. The molecule has 4 N–H and O–H groups in total. The highest BCUT2D eigenvalue weighted by atomic mass is 32.2. The molecule has 2 heterocycles. The molecule has 1 fully saturated rings. The van der Waals surface area contributed by atoms with E-state index in [-0.39, 0.29) is 30.0 Å². The van der Waals surface area contributed by atoms with Crippen LogP contribution in [0, 0.1) is 5.92 Å². The molecule has 1 aromatic carbocycles. The first-order chi connectivity index (χ1) is 10.3. The Hall–Kier alpha value is -1.34. The highest BCUT2D eigenvalue weighted by molar-refractivity contribution is 8.03. The van der Waals surface area contributed by atoms with E-state index in [2.05, 4.69) is 21.4 Å². The first-order valence-electron chi connectivity index (χ1n) is 7.08. The molecule has 1 amide bonds. The molecule has 0 aliphatic carbocycles. The second kappa shape index (κ2) is 6.62. The number of aliphatic hydroxyl groups excluding tert-OH is 1. The summed E-state index contributed by atoms with van der Waals surface area (Å²) in [6, 6.07) is 10.0. The summed E-state index contributed by atoms with van der Waals surface area (Å²) in [5.74, 6) is -0.0823. The van der Waals surface area contributed by atoms with Crippen LogP contribution in [0.5, 0.6) is 0 Å². The van der Waals surface area contributed by atoms with Crippen LogP contribution in [0.4, 0.5) is 0 Å². The van der Waals surface area contributed by atoms with Gasteiger partial charge in [0.25, 0.3) is 0 Å². The van der Waals surface area contributed by atoms with Crippen molar-refractivity contribution in [2.24, 2.45) is 5.92 Å². The van der Waals surface area contributed by atoms with Gasteiger partial charge in [-0.05, 0) is 16.5 Å². The van der Waals surface area contributed by atoms with Crippen molar-refractivity contribution in [1.82, 2.24) is 16.0 Å². The third-order valence-electron chi connectivity index (χ3n) is 3.69. The highest BCUT2D eigenvalue weighted by Gasteiger charge is 2.41. The van der Waals surface area contributed by atoms with Gasteiger partial charge in [-0.1, -0.05) is 30.3 Å². The zero-order chi connectivity index (χ0) is 14.7. The van der Waals surface area contributed by atoms with Crippen LogP contribution < -0.4 is 16.0 Å². The van der Waals surface area contributed by atoms with Crippen LogP contribution in [0.3, 0.4) is 0 Å². The van der Waals surface area contributed by atoms with Gasteiger partial charge in [0.1, 0.15) is 0 Å². The molecule has 2 aliphatic heterocycles. The van der Waals surface area contributed by atoms with Gasteiger partial charge in [0.05, 0.1) is 24.1 Å². The fraction of sp³-hybridized carbons (Fsp3) is 0.400. The molecule has 21 heavy (non-hydrogen) atoms. The fourth-order valence-corrected chi connectivity index (χ4v) is 3.94. The molecule has 0 spiro atoms. The van der Waals surface area contributed by atoms with Crippen molar-refractivity contribution in [1.29, 1.82) is 0 Å². The minimum atomic E-state index is -0.147. The summed E-state index contributed by atoms with van der Waals surface area (Å²) < 4.78 is 0. The minimum Gasteiger partial charge on any atom is -0.395 e. The van der Waals surface area contributed by atoms with Crippen molar-refractivity contribution < 1.29 is 9.90 Å². The number of carbonyl (C=O) groups excluding carboxylic acids is 1. The molecular weight excluding hydrogens is 286 g/mol. The molecule has 2 aliphatic rings. The normalized spacial score (nSPS) is 28.0. The molecular formula is C15H19N3O2S. The van der Waals surface area contributed by atoms with Crippen LogP contribution in [0.2, 0.25) is 0 Å². The molecule has 0 bridgehead atoms. The summed E-state index contributed by atoms with van der Waals surface area (Å²) in [7, 11) is 0. The summed E-state index contributed by atoms with van der Waals surface area (Å²) in [6.07, 6.45) is -0.0960. The Balaban J connectivity index is 1.67. The quantitative estimate of drug-likeness (QED) is 0.591. The maximum absolute atomic E-state index is 12.4. The van der Waals surface area contributed by atoms with E-state index in [9.17, 15) is 4.79 Å². The lowest BCUT2D eigenvalue weighted by atomic mass is 9.91. The third kappa shape index (κ3) is 3.13. The molecule has 0 saturated carbocycles. The lowest BCUT2D eigenvalue weighted by Crippen LogP contribution is -2.62. The van der Waals surface area contributed by atoms with E-state index in [0.717, 1.165) is 11.1 Å². The van der Waals surface area contributed by atoms with Gasteiger partial charge in [-0.2, -0.15) is 0 Å². The van der Waals surface area contributed by atoms with Crippen molar-refractivity contribution in [2.75, 3.05) is 19.7 Å². The number of rotatable bonds is 5. The van der Waals surface area contributed by atoms with Crippen LogP contribution in [-0.2, 0) is 4.79 Å². The number of nitrogens with one attached hydrogen (secondary N) is 3. The van der Waals surface area contributed by atoms with Crippen LogP contribution in [0.1, 0.15) is 5.56 Å². The first kappa shape index (κ1) is 14.6. The number of benzene rings is 1. The number of thioether (sulfide) groups is 1. The number of aliphatic hydroxyl groups is 1. The van der Waals surface area contributed by atoms with Crippen LogP contribution >= 0.6 is 11.8 Å². The zero-order valence-corrected chi connectivity index (χ0v) is 12.4. The zero-order valence-electron chi connectivity index (χ0n) is 11.6. The number of hydrogen-bond acceptors (Lipinski definition) is 5. The number of amides is 1. The Kier molecular flexibility index (Phi) is 4.60. The van der Waals surface area contributed by atoms with Gasteiger partial charge < -0.3 is 15.7 Å². The summed E-state index contributed by atoms with van der Waals surface area (Å²) in [5.41, 5.74) is 2.18. The number of fused-ring (bicyclic) bond motifs is 1. The van der Waals surface area contributed by atoms with E-state index < -0.39 is 0 Å². The molecule has 3 unspecified atom stereocenters. The van der Waals surface area contributed by atoms with Gasteiger partial charge >= 0.3 is 0 Å². The first-order valence-corrected chi connectivity index (χ1v) is 8.03. The summed E-state index contributed by atoms with van der Waals surface area (Å²) >= 11 is 1.66. The Morgan fingerprint density at radius 3 is 2.86 bits per heavy atom. The van der Waals surface area contributed by atoms with Crippen LogP contribution in [-0.4, -0.2) is 42.2 Å². The predicted octanol–water partition coefficient (Wildman–Crippen LogP) is 0.344. The Morgan fingerprint density at radius 1 is 1.29 bits per heavy atom. The van der Waals surface area contributed by atoms with Crippen molar-refractivity contribution in [3.05, 3.63) is 41.3 Å². The minimum absolute atomic E-state index is 0.0645. The molecule has 1 aromatic rings. The Morgan fingerprint density at radius 2 is 2.10 bits per heavy atom. The molecule has 3 atom stereocenters. The second-order valence-corrected chi connectivity index (χ2v) is 6.14. The van der Waals surface area contributed by atoms with Gasteiger partial charge in [0.2, 0.25) is 5.91 Å². The van der Waals surface area contributed by atoms with Gasteiger partial charge in [-0.25, -0.2) is 0 Å². The third-order valence-corrected chi connectivity index (χ3v) is 4.78. The Labute approximate surface area is 128 Å². The van der Waals surface area contributed by atoms with E-state index in [1.165, 1.54) is 0 Å². The van der Waals surface area contributed by atoms with E-state index in [0.29, 0.717) is 13.1 Å². The molecule has 5 nitrogen and oxygen atoms in total. The van der Waals surface area contributed by atoms with Gasteiger partial charge in [-0.3, -0.25) is 10.1 Å². The molecule has 0 aromatic heterocycles. The largest absolute Gasteiger partial charge is 0.395 e. The molecule has 3 rings (SSSR count). The van der Waals surface area contributed by atoms with Gasteiger partial charge in [0.15, 0.2) is 0 Å². The summed E-state index contributed by atoms with van der Waals surface area (Å²) in [6.45, 7) is 1.24. The smallest absolute Gasteiger partial charge is 0.231 e. The van der Waals surface area contributed by atoms with Crippen molar-refractivity contribution in [3.63, 3.8) is 0 Å². The van der Waals surface area contributed by atoms with E-state index in [4.69, 9.17) is 5.11 Å². The molecule has 1 saturated heterocycles. The van der Waals surface area contributed by atoms with E-state index in [1.54, 1.807) is 11.8 Å². The van der Waals surface area contributed by atoms with Crippen LogP contribution in [0.15, 0.2) is 35.7 Å². The lowest BCUT2D eigenvalue weighted by molar-refractivity contribution is -0.126. The van der Waals surface area contributed by atoms with Gasteiger partial charge in [0, 0.05) is 13.1 Å². The predicted molar refractivity (Wildman–Crippen MR) is 84.3 cm³/mol. The molecule has 6 heteroatoms. The number of hydrogen-bond donors (Lipinski definition) is 4. The standard InChI is InChI=1S/C15H19N3O2S/c19-7-6-16-8-12-17-14(20)13-11(9-21-15(13)18-12)10-4-2-1-3-5-10/h1-5,9,12-13,15-16,18-19H,6-8H2,(H,17,20). The van der Waals surface area contributed by atoms with Crippen molar-refractivity contribution >= 4 is 23.2 Å². The van der Waals surface area contributed by atoms with E-state index in [1.807, 2.05) is 30.3 Å². The fourth-order valence-electron chi connectivity index (χ4n) is 2.69. The van der Waals surface area contributed by atoms with Crippen LogP contribution in [0.25, 0.3) is 5.57 Å².